The monoisotopic (exact) mass is 437 g/mol. The van der Waals surface area contributed by atoms with E-state index in [0.717, 1.165) is 45.0 Å². The number of hydrogen-bond donors (Lipinski definition) is 0. The van der Waals surface area contributed by atoms with Gasteiger partial charge in [0.05, 0.1) is 33.1 Å². The summed E-state index contributed by atoms with van der Waals surface area (Å²) in [6.07, 6.45) is 2.04. The molecular formula is C23H23N3O2S2. The van der Waals surface area contributed by atoms with Crippen molar-refractivity contribution in [3.05, 3.63) is 53.0 Å². The molecule has 0 bridgehead atoms. The Kier molecular flexibility index (Phi) is 5.26. The van der Waals surface area contributed by atoms with Crippen LogP contribution in [0.15, 0.2) is 42.5 Å². The number of aromatic nitrogens is 2. The van der Waals surface area contributed by atoms with Crippen LogP contribution in [-0.4, -0.2) is 35.1 Å². The summed E-state index contributed by atoms with van der Waals surface area (Å²) >= 11 is 3.00. The van der Waals surface area contributed by atoms with Gasteiger partial charge in [0, 0.05) is 6.61 Å². The maximum atomic E-state index is 13.6. The van der Waals surface area contributed by atoms with E-state index in [1.165, 1.54) is 16.9 Å². The highest BCUT2D eigenvalue weighted by atomic mass is 32.1. The molecule has 0 radical (unpaired) electrons. The van der Waals surface area contributed by atoms with E-state index in [2.05, 4.69) is 37.0 Å². The quantitative estimate of drug-likeness (QED) is 0.393. The molecule has 1 aliphatic rings. The Bertz CT molecular complexity index is 1170. The number of fused-ring (bicyclic) bond motifs is 2. The molecule has 3 heterocycles. The second-order valence-electron chi connectivity index (χ2n) is 7.88. The number of carbonyl (C=O) groups excluding carboxylic acids is 1. The highest BCUT2D eigenvalue weighted by Gasteiger charge is 2.29. The lowest BCUT2D eigenvalue weighted by atomic mass is 10.0. The average Bonchev–Trinajstić information content (AvgIpc) is 3.49. The molecule has 30 heavy (non-hydrogen) atoms. The van der Waals surface area contributed by atoms with Gasteiger partial charge in [-0.3, -0.25) is 9.69 Å². The predicted octanol–water partition coefficient (Wildman–Crippen LogP) is 5.86. The van der Waals surface area contributed by atoms with Crippen LogP contribution in [0.2, 0.25) is 0 Å². The highest BCUT2D eigenvalue weighted by molar-refractivity contribution is 7.23. The SMILES string of the molecule is CC(C)c1cccc2sc(N(CC3CCCO3)C(=O)c3nc4ccccc4s3)nc12. The lowest BCUT2D eigenvalue weighted by Gasteiger charge is -2.22. The molecule has 1 saturated heterocycles. The van der Waals surface area contributed by atoms with Crippen molar-refractivity contribution in [3.63, 3.8) is 0 Å². The number of amides is 1. The van der Waals surface area contributed by atoms with Crippen LogP contribution in [0, 0.1) is 0 Å². The third kappa shape index (κ3) is 3.62. The second kappa shape index (κ2) is 8.06. The van der Waals surface area contributed by atoms with Gasteiger partial charge in [0.15, 0.2) is 10.1 Å². The molecule has 0 saturated carbocycles. The molecule has 1 amide bonds. The molecule has 1 aliphatic heterocycles. The Morgan fingerprint density at radius 3 is 2.73 bits per heavy atom. The molecule has 0 N–H and O–H groups in total. The molecule has 1 atom stereocenters. The molecule has 5 rings (SSSR count). The van der Waals surface area contributed by atoms with Gasteiger partial charge in [-0.2, -0.15) is 0 Å². The largest absolute Gasteiger partial charge is 0.376 e. The van der Waals surface area contributed by atoms with Crippen molar-refractivity contribution in [1.29, 1.82) is 0 Å². The Balaban J connectivity index is 1.57. The first kappa shape index (κ1) is 19.6. The number of thiazole rings is 2. The van der Waals surface area contributed by atoms with Gasteiger partial charge < -0.3 is 4.74 Å². The minimum Gasteiger partial charge on any atom is -0.376 e. The summed E-state index contributed by atoms with van der Waals surface area (Å²) in [5, 5.41) is 1.22. The van der Waals surface area contributed by atoms with Crippen molar-refractivity contribution in [2.45, 2.75) is 38.7 Å². The highest BCUT2D eigenvalue weighted by Crippen LogP contribution is 2.35. The number of hydrogen-bond acceptors (Lipinski definition) is 6. The Labute approximate surface area is 183 Å². The molecule has 1 unspecified atom stereocenters. The number of benzene rings is 2. The minimum atomic E-state index is -0.100. The summed E-state index contributed by atoms with van der Waals surface area (Å²) in [7, 11) is 0. The van der Waals surface area contributed by atoms with Gasteiger partial charge in [0.25, 0.3) is 5.91 Å². The predicted molar refractivity (Wildman–Crippen MR) is 124 cm³/mol. The standard InChI is InChI=1S/C23H23N3O2S2/c1-14(2)16-8-5-11-19-20(16)25-23(30-19)26(13-15-7-6-12-28-15)22(27)21-24-17-9-3-4-10-18(17)29-21/h3-5,8-11,14-15H,6-7,12-13H2,1-2H3. The number of nitrogens with zero attached hydrogens (tertiary/aromatic N) is 3. The van der Waals surface area contributed by atoms with Crippen molar-refractivity contribution in [2.24, 2.45) is 0 Å². The van der Waals surface area contributed by atoms with Crippen molar-refractivity contribution in [1.82, 2.24) is 9.97 Å². The summed E-state index contributed by atoms with van der Waals surface area (Å²) < 4.78 is 7.97. The van der Waals surface area contributed by atoms with Gasteiger partial charge in [-0.25, -0.2) is 9.97 Å². The van der Waals surface area contributed by atoms with Gasteiger partial charge in [0.1, 0.15) is 0 Å². The fourth-order valence-electron chi connectivity index (χ4n) is 3.86. The summed E-state index contributed by atoms with van der Waals surface area (Å²) in [5.41, 5.74) is 3.05. The molecule has 154 valence electrons. The van der Waals surface area contributed by atoms with Crippen molar-refractivity contribution < 1.29 is 9.53 Å². The van der Waals surface area contributed by atoms with Gasteiger partial charge >= 0.3 is 0 Å². The van der Waals surface area contributed by atoms with Crippen LogP contribution in [-0.2, 0) is 4.74 Å². The van der Waals surface area contributed by atoms with Gasteiger partial charge in [-0.1, -0.05) is 49.4 Å². The van der Waals surface area contributed by atoms with Gasteiger partial charge in [-0.15, -0.1) is 11.3 Å². The van der Waals surface area contributed by atoms with E-state index < -0.39 is 0 Å². The van der Waals surface area contributed by atoms with E-state index in [1.54, 1.807) is 16.2 Å². The van der Waals surface area contributed by atoms with Gasteiger partial charge in [-0.05, 0) is 42.5 Å². The zero-order valence-corrected chi connectivity index (χ0v) is 18.6. The lowest BCUT2D eigenvalue weighted by molar-refractivity contribution is 0.0917. The number of carbonyl (C=O) groups is 1. The smallest absolute Gasteiger partial charge is 0.289 e. The van der Waals surface area contributed by atoms with Crippen LogP contribution in [0.25, 0.3) is 20.4 Å². The molecule has 2 aromatic heterocycles. The van der Waals surface area contributed by atoms with Crippen LogP contribution in [0.4, 0.5) is 5.13 Å². The molecule has 0 spiro atoms. The van der Waals surface area contributed by atoms with E-state index >= 15 is 0 Å². The maximum absolute atomic E-state index is 13.6. The third-order valence-corrected chi connectivity index (χ3v) is 7.49. The van der Waals surface area contributed by atoms with Crippen molar-refractivity contribution in [3.8, 4) is 0 Å². The number of rotatable bonds is 5. The fraction of sp³-hybridized carbons (Fsp3) is 0.348. The van der Waals surface area contributed by atoms with E-state index in [4.69, 9.17) is 9.72 Å². The molecule has 1 fully saturated rings. The summed E-state index contributed by atoms with van der Waals surface area (Å²) in [6.45, 7) is 5.60. The fourth-order valence-corrected chi connectivity index (χ4v) is 5.78. The molecule has 0 aliphatic carbocycles. The van der Waals surface area contributed by atoms with E-state index in [0.29, 0.717) is 17.5 Å². The van der Waals surface area contributed by atoms with Crippen LogP contribution in [0.3, 0.4) is 0 Å². The lowest BCUT2D eigenvalue weighted by Crippen LogP contribution is -2.37. The average molecular weight is 438 g/mol. The number of ether oxygens (including phenoxy) is 1. The van der Waals surface area contributed by atoms with E-state index in [1.807, 2.05) is 24.3 Å². The van der Waals surface area contributed by atoms with Crippen molar-refractivity contribution >= 4 is 54.1 Å². The Hall–Kier alpha value is -2.35. The van der Waals surface area contributed by atoms with E-state index in [9.17, 15) is 4.79 Å². The maximum Gasteiger partial charge on any atom is 0.289 e. The van der Waals surface area contributed by atoms with E-state index in [-0.39, 0.29) is 12.0 Å². The zero-order chi connectivity index (χ0) is 20.7. The first-order valence-electron chi connectivity index (χ1n) is 10.3. The summed E-state index contributed by atoms with van der Waals surface area (Å²) in [6, 6.07) is 14.1. The minimum absolute atomic E-state index is 0.0416. The van der Waals surface area contributed by atoms with Crippen molar-refractivity contribution in [2.75, 3.05) is 18.1 Å². The van der Waals surface area contributed by atoms with Crippen LogP contribution in [0.1, 0.15) is 48.0 Å². The molecule has 7 heteroatoms. The summed E-state index contributed by atoms with van der Waals surface area (Å²) in [5.74, 6) is 0.270. The topological polar surface area (TPSA) is 55.3 Å². The first-order chi connectivity index (χ1) is 14.6. The van der Waals surface area contributed by atoms with Crippen LogP contribution < -0.4 is 4.90 Å². The molecule has 5 nitrogen and oxygen atoms in total. The first-order valence-corrected chi connectivity index (χ1v) is 11.9. The molecular weight excluding hydrogens is 414 g/mol. The van der Waals surface area contributed by atoms with Crippen LogP contribution >= 0.6 is 22.7 Å². The van der Waals surface area contributed by atoms with Gasteiger partial charge in [0.2, 0.25) is 0 Å². The second-order valence-corrected chi connectivity index (χ2v) is 9.92. The Morgan fingerprint density at radius 1 is 1.13 bits per heavy atom. The number of para-hydroxylation sites is 2. The zero-order valence-electron chi connectivity index (χ0n) is 17.0. The molecule has 2 aromatic carbocycles. The third-order valence-electron chi connectivity index (χ3n) is 5.42. The molecule has 4 aromatic rings. The Morgan fingerprint density at radius 2 is 1.97 bits per heavy atom. The normalized spacial score (nSPS) is 16.7. The van der Waals surface area contributed by atoms with Crippen LogP contribution in [0.5, 0.6) is 0 Å². The summed E-state index contributed by atoms with van der Waals surface area (Å²) in [4.78, 5) is 24.9. The number of anilines is 1.